The van der Waals surface area contributed by atoms with Gasteiger partial charge in [-0.25, -0.2) is 9.18 Å². The van der Waals surface area contributed by atoms with Gasteiger partial charge in [0.05, 0.1) is 11.2 Å². The van der Waals surface area contributed by atoms with Crippen molar-refractivity contribution in [2.45, 2.75) is 40.7 Å². The molecular weight excluding hydrogens is 385 g/mol. The summed E-state index contributed by atoms with van der Waals surface area (Å²) in [5.41, 5.74) is 2.67. The normalized spacial score (nSPS) is 11.6. The predicted octanol–water partition coefficient (Wildman–Crippen LogP) is 4.08. The number of hydrogen-bond donors (Lipinski definition) is 2. The van der Waals surface area contributed by atoms with Gasteiger partial charge in [0, 0.05) is 30.2 Å². The molecule has 30 heavy (non-hydrogen) atoms. The maximum atomic E-state index is 15.4. The molecule has 6 nitrogen and oxygen atoms in total. The molecule has 0 bridgehead atoms. The van der Waals surface area contributed by atoms with Crippen LogP contribution < -0.4 is 5.56 Å². The van der Waals surface area contributed by atoms with Crippen LogP contribution in [0.15, 0.2) is 23.0 Å². The fourth-order valence-electron chi connectivity index (χ4n) is 3.96. The fraction of sp³-hybridized carbons (Fsp3) is 0.391. The smallest absolute Gasteiger partial charge is 0.341 e. The van der Waals surface area contributed by atoms with Crippen LogP contribution in [0.1, 0.15) is 48.0 Å². The number of aromatic nitrogens is 2. The van der Waals surface area contributed by atoms with Crippen LogP contribution in [0.25, 0.3) is 22.2 Å². The maximum Gasteiger partial charge on any atom is 0.341 e. The summed E-state index contributed by atoms with van der Waals surface area (Å²) in [4.78, 5) is 28.6. The standard InChI is InChI=1S/C23H28FN3O3/c1-6-14-10-18(23(29)30)22(28)25-20(14)17-11-15-9-16(12-27(7-2)8-3)26(5)21(15)19(24)13(17)4/h9-11H,6-8,12H2,1-5H3,(H,25,28)(H,29,30). The van der Waals surface area contributed by atoms with Crippen LogP contribution >= 0.6 is 0 Å². The van der Waals surface area contributed by atoms with Crippen molar-refractivity contribution in [3.05, 3.63) is 56.8 Å². The summed E-state index contributed by atoms with van der Waals surface area (Å²) in [5, 5.41) is 10.00. The number of pyridine rings is 1. The molecule has 2 heterocycles. The number of halogens is 1. The van der Waals surface area contributed by atoms with E-state index >= 15 is 4.39 Å². The molecule has 0 saturated carbocycles. The highest BCUT2D eigenvalue weighted by Crippen LogP contribution is 2.33. The lowest BCUT2D eigenvalue weighted by molar-refractivity contribution is 0.0695. The maximum absolute atomic E-state index is 15.4. The first-order valence-electron chi connectivity index (χ1n) is 10.2. The molecule has 3 aromatic rings. The molecule has 7 heteroatoms. The van der Waals surface area contributed by atoms with Gasteiger partial charge in [0.25, 0.3) is 5.56 Å². The second-order valence-corrected chi connectivity index (χ2v) is 7.53. The van der Waals surface area contributed by atoms with Crippen LogP contribution in [0.2, 0.25) is 0 Å². The molecule has 0 aliphatic carbocycles. The highest BCUT2D eigenvalue weighted by atomic mass is 19.1. The Morgan fingerprint density at radius 2 is 1.87 bits per heavy atom. The van der Waals surface area contributed by atoms with Crippen LogP contribution in [0, 0.1) is 12.7 Å². The highest BCUT2D eigenvalue weighted by Gasteiger charge is 2.20. The minimum atomic E-state index is -1.28. The summed E-state index contributed by atoms with van der Waals surface area (Å²) in [5.74, 6) is -1.61. The Bertz CT molecular complexity index is 1170. The molecule has 0 aliphatic rings. The summed E-state index contributed by atoms with van der Waals surface area (Å²) in [6, 6.07) is 5.24. The van der Waals surface area contributed by atoms with Gasteiger partial charge in [-0.3, -0.25) is 9.69 Å². The van der Waals surface area contributed by atoms with Crippen molar-refractivity contribution in [3.63, 3.8) is 0 Å². The van der Waals surface area contributed by atoms with Crippen molar-refractivity contribution >= 4 is 16.9 Å². The Morgan fingerprint density at radius 1 is 1.20 bits per heavy atom. The molecular formula is C23H28FN3O3. The molecule has 0 radical (unpaired) electrons. The molecule has 0 unspecified atom stereocenters. The predicted molar refractivity (Wildman–Crippen MR) is 117 cm³/mol. The van der Waals surface area contributed by atoms with Gasteiger partial charge in [-0.05, 0) is 55.8 Å². The zero-order valence-electron chi connectivity index (χ0n) is 18.1. The SMILES string of the molecule is CCc1cc(C(=O)O)c(=O)[nH]c1-c1cc2cc(CN(CC)CC)n(C)c2c(F)c1C. The Labute approximate surface area is 175 Å². The number of aromatic carboxylic acids is 1. The largest absolute Gasteiger partial charge is 0.477 e. The Morgan fingerprint density at radius 3 is 2.43 bits per heavy atom. The fourth-order valence-corrected chi connectivity index (χ4v) is 3.96. The van der Waals surface area contributed by atoms with Crippen molar-refractivity contribution in [2.24, 2.45) is 7.05 Å². The number of carboxylic acids is 1. The number of fused-ring (bicyclic) bond motifs is 1. The topological polar surface area (TPSA) is 78.3 Å². The number of nitrogens with zero attached hydrogens (tertiary/aromatic N) is 2. The minimum absolute atomic E-state index is 0.309. The molecule has 2 aromatic heterocycles. The summed E-state index contributed by atoms with van der Waals surface area (Å²) in [7, 11) is 1.87. The van der Waals surface area contributed by atoms with Gasteiger partial charge >= 0.3 is 5.97 Å². The number of nitrogens with one attached hydrogen (secondary N) is 1. The van der Waals surface area contributed by atoms with Crippen molar-refractivity contribution in [1.29, 1.82) is 0 Å². The van der Waals surface area contributed by atoms with Gasteiger partial charge in [0.1, 0.15) is 5.56 Å². The van der Waals surface area contributed by atoms with Crippen molar-refractivity contribution < 1.29 is 14.3 Å². The van der Waals surface area contributed by atoms with Gasteiger partial charge < -0.3 is 14.7 Å². The average molecular weight is 413 g/mol. The van der Waals surface area contributed by atoms with E-state index in [1.165, 1.54) is 6.07 Å². The molecule has 0 aliphatic heterocycles. The zero-order chi connectivity index (χ0) is 22.2. The first-order chi connectivity index (χ1) is 14.2. The number of rotatable bonds is 7. The zero-order valence-corrected chi connectivity index (χ0v) is 18.1. The van der Waals surface area contributed by atoms with E-state index in [-0.39, 0.29) is 11.4 Å². The summed E-state index contributed by atoms with van der Waals surface area (Å²) < 4.78 is 17.3. The summed E-state index contributed by atoms with van der Waals surface area (Å²) in [6.45, 7) is 10.3. The first-order valence-corrected chi connectivity index (χ1v) is 10.2. The Hall–Kier alpha value is -2.93. The van der Waals surface area contributed by atoms with E-state index in [0.29, 0.717) is 34.3 Å². The van der Waals surface area contributed by atoms with E-state index in [4.69, 9.17) is 0 Å². The molecule has 0 spiro atoms. The third-order valence-corrected chi connectivity index (χ3v) is 5.89. The number of aryl methyl sites for hydroxylation is 2. The van der Waals surface area contributed by atoms with Crippen molar-refractivity contribution in [1.82, 2.24) is 14.5 Å². The third kappa shape index (κ3) is 3.65. The van der Waals surface area contributed by atoms with E-state index in [9.17, 15) is 14.7 Å². The molecule has 0 amide bonds. The van der Waals surface area contributed by atoms with E-state index in [1.54, 1.807) is 6.92 Å². The molecule has 0 atom stereocenters. The number of H-pyrrole nitrogens is 1. The van der Waals surface area contributed by atoms with E-state index in [1.807, 2.05) is 30.7 Å². The number of carbonyl (C=O) groups is 1. The van der Waals surface area contributed by atoms with Crippen LogP contribution in [-0.4, -0.2) is 38.6 Å². The molecule has 0 fully saturated rings. The highest BCUT2D eigenvalue weighted by molar-refractivity contribution is 5.90. The lowest BCUT2D eigenvalue weighted by Gasteiger charge is -2.18. The van der Waals surface area contributed by atoms with E-state index in [0.717, 1.165) is 30.7 Å². The second kappa shape index (κ2) is 8.44. The summed E-state index contributed by atoms with van der Waals surface area (Å²) in [6.07, 6.45) is 0.507. The van der Waals surface area contributed by atoms with Crippen LogP contribution in [0.4, 0.5) is 4.39 Å². The van der Waals surface area contributed by atoms with Crippen molar-refractivity contribution in [3.8, 4) is 11.3 Å². The quantitative estimate of drug-likeness (QED) is 0.612. The molecule has 2 N–H and O–H groups in total. The molecule has 0 saturated heterocycles. The van der Waals surface area contributed by atoms with Gasteiger partial charge in [0.2, 0.25) is 0 Å². The average Bonchev–Trinajstić information content (AvgIpc) is 3.03. The van der Waals surface area contributed by atoms with Crippen LogP contribution in [0.3, 0.4) is 0 Å². The van der Waals surface area contributed by atoms with Crippen molar-refractivity contribution in [2.75, 3.05) is 13.1 Å². The summed E-state index contributed by atoms with van der Waals surface area (Å²) >= 11 is 0. The minimum Gasteiger partial charge on any atom is -0.477 e. The Kier molecular flexibility index (Phi) is 6.12. The molecule has 3 rings (SSSR count). The van der Waals surface area contributed by atoms with Gasteiger partial charge in [0.15, 0.2) is 5.82 Å². The first kappa shape index (κ1) is 21.8. The number of hydrogen-bond acceptors (Lipinski definition) is 3. The monoisotopic (exact) mass is 413 g/mol. The second-order valence-electron chi connectivity index (χ2n) is 7.53. The third-order valence-electron chi connectivity index (χ3n) is 5.89. The van der Waals surface area contributed by atoms with E-state index < -0.39 is 11.5 Å². The van der Waals surface area contributed by atoms with Gasteiger partial charge in [-0.1, -0.05) is 20.8 Å². The lowest BCUT2D eigenvalue weighted by Crippen LogP contribution is -2.23. The van der Waals surface area contributed by atoms with Gasteiger partial charge in [-0.2, -0.15) is 0 Å². The van der Waals surface area contributed by atoms with E-state index in [2.05, 4.69) is 23.7 Å². The number of aromatic amines is 1. The lowest BCUT2D eigenvalue weighted by atomic mass is 9.96. The van der Waals surface area contributed by atoms with Gasteiger partial charge in [-0.15, -0.1) is 0 Å². The Balaban J connectivity index is 2.24. The van der Waals surface area contributed by atoms with Crippen LogP contribution in [-0.2, 0) is 20.0 Å². The van der Waals surface area contributed by atoms with Crippen LogP contribution in [0.5, 0.6) is 0 Å². The molecule has 1 aromatic carbocycles. The number of carboxylic acid groups (broad SMARTS) is 1. The number of benzene rings is 1. The molecule has 160 valence electrons.